The van der Waals surface area contributed by atoms with Gasteiger partial charge in [-0.25, -0.2) is 0 Å². The van der Waals surface area contributed by atoms with Crippen LogP contribution < -0.4 is 0 Å². The van der Waals surface area contributed by atoms with Crippen LogP contribution in [-0.4, -0.2) is 0 Å². The molecule has 0 saturated heterocycles. The summed E-state index contributed by atoms with van der Waals surface area (Å²) in [6.45, 7) is 9.06. The maximum Gasteiger partial charge on any atom is -0.0351 e. The van der Waals surface area contributed by atoms with Crippen LogP contribution in [0, 0.1) is 0 Å². The molecule has 0 amide bonds. The Bertz CT molecular complexity index is 338. The van der Waals surface area contributed by atoms with Crippen molar-refractivity contribution in [3.63, 3.8) is 0 Å². The predicted octanol–water partition coefficient (Wildman–Crippen LogP) is 12.5. The van der Waals surface area contributed by atoms with Gasteiger partial charge in [0.1, 0.15) is 0 Å². The number of rotatable bonds is 24. The first kappa shape index (κ1) is 33.7. The van der Waals surface area contributed by atoms with Crippen molar-refractivity contribution in [3.05, 3.63) is 24.3 Å². The van der Waals surface area contributed by atoms with Gasteiger partial charge in [-0.1, -0.05) is 168 Å². The largest absolute Gasteiger partial charge is 0.0885 e. The third-order valence-corrected chi connectivity index (χ3v) is 6.21. The highest BCUT2D eigenvalue weighted by Crippen LogP contribution is 2.11. The minimum absolute atomic E-state index is 1.26. The smallest absolute Gasteiger partial charge is 0.0351 e. The number of unbranched alkanes of at least 4 members (excludes halogenated alkanes) is 20. The van der Waals surface area contributed by atoms with E-state index in [2.05, 4.69) is 52.0 Å². The Kier molecular flexibility index (Phi) is 36.9. The Morgan fingerprint density at radius 2 is 0.531 bits per heavy atom. The van der Waals surface area contributed by atoms with Gasteiger partial charge in [0.2, 0.25) is 0 Å². The molecule has 0 unspecified atom stereocenters. The van der Waals surface area contributed by atoms with E-state index in [0.29, 0.717) is 0 Å². The quantitative estimate of drug-likeness (QED) is 0.102. The summed E-state index contributed by atoms with van der Waals surface area (Å²) in [6.07, 6.45) is 42.9. The van der Waals surface area contributed by atoms with Crippen molar-refractivity contribution in [2.45, 2.75) is 182 Å². The Balaban J connectivity index is 0. The van der Waals surface area contributed by atoms with Gasteiger partial charge in [0.05, 0.1) is 0 Å². The zero-order valence-electron chi connectivity index (χ0n) is 23.3. The van der Waals surface area contributed by atoms with Gasteiger partial charge in [-0.15, -0.1) is 0 Å². The third-order valence-electron chi connectivity index (χ3n) is 6.21. The summed E-state index contributed by atoms with van der Waals surface area (Å²) < 4.78 is 0. The molecule has 32 heavy (non-hydrogen) atoms. The second kappa shape index (κ2) is 35.1. The lowest BCUT2D eigenvalue weighted by Gasteiger charge is -2.00. The monoisotopic (exact) mass is 449 g/mol. The molecule has 0 nitrogen and oxygen atoms in total. The SMILES string of the molecule is CCC/C=C\CCCCCCCCCCC.CCCCC=CCCCCCCCCCC. The van der Waals surface area contributed by atoms with Crippen molar-refractivity contribution < 1.29 is 0 Å². The van der Waals surface area contributed by atoms with E-state index in [-0.39, 0.29) is 0 Å². The highest BCUT2D eigenvalue weighted by Gasteiger charge is 1.91. The number of hydrogen-bond donors (Lipinski definition) is 0. The van der Waals surface area contributed by atoms with Gasteiger partial charge in [0, 0.05) is 0 Å². The highest BCUT2D eigenvalue weighted by atomic mass is 14.0. The minimum atomic E-state index is 1.26. The average molecular weight is 449 g/mol. The van der Waals surface area contributed by atoms with Crippen LogP contribution in [0.25, 0.3) is 0 Å². The molecule has 0 fully saturated rings. The lowest BCUT2D eigenvalue weighted by molar-refractivity contribution is 0.566. The molecule has 0 atom stereocenters. The second-order valence-electron chi connectivity index (χ2n) is 9.75. The van der Waals surface area contributed by atoms with Crippen LogP contribution >= 0.6 is 0 Å². The summed E-state index contributed by atoms with van der Waals surface area (Å²) in [7, 11) is 0. The summed E-state index contributed by atoms with van der Waals surface area (Å²) in [6, 6.07) is 0. The lowest BCUT2D eigenvalue weighted by Crippen LogP contribution is -1.80. The van der Waals surface area contributed by atoms with Crippen molar-refractivity contribution in [2.24, 2.45) is 0 Å². The van der Waals surface area contributed by atoms with Crippen LogP contribution in [0.3, 0.4) is 0 Å². The summed E-state index contributed by atoms with van der Waals surface area (Å²) >= 11 is 0. The molecule has 0 bridgehead atoms. The molecular formula is C32H64. The predicted molar refractivity (Wildman–Crippen MR) is 152 cm³/mol. The molecule has 0 aliphatic rings. The van der Waals surface area contributed by atoms with Crippen molar-refractivity contribution >= 4 is 0 Å². The Morgan fingerprint density at radius 1 is 0.250 bits per heavy atom. The molecule has 0 aliphatic carbocycles. The number of allylic oxidation sites excluding steroid dienone is 4. The Labute approximate surface area is 206 Å². The maximum atomic E-state index is 2.38. The van der Waals surface area contributed by atoms with E-state index < -0.39 is 0 Å². The second-order valence-corrected chi connectivity index (χ2v) is 9.75. The molecule has 0 heteroatoms. The van der Waals surface area contributed by atoms with Crippen molar-refractivity contribution in [1.29, 1.82) is 0 Å². The Morgan fingerprint density at radius 3 is 0.875 bits per heavy atom. The average Bonchev–Trinajstić information content (AvgIpc) is 2.81. The maximum absolute atomic E-state index is 2.38. The topological polar surface area (TPSA) is 0 Å². The molecule has 0 rings (SSSR count). The van der Waals surface area contributed by atoms with Crippen LogP contribution in [0.1, 0.15) is 182 Å². The van der Waals surface area contributed by atoms with E-state index >= 15 is 0 Å². The fourth-order valence-electron chi connectivity index (χ4n) is 3.93. The minimum Gasteiger partial charge on any atom is -0.0885 e. The van der Waals surface area contributed by atoms with Gasteiger partial charge >= 0.3 is 0 Å². The van der Waals surface area contributed by atoms with Crippen LogP contribution in [0.2, 0.25) is 0 Å². The van der Waals surface area contributed by atoms with E-state index in [1.165, 1.54) is 154 Å². The van der Waals surface area contributed by atoms with E-state index in [1.807, 2.05) is 0 Å². The van der Waals surface area contributed by atoms with Gasteiger partial charge in [0.15, 0.2) is 0 Å². The molecule has 0 aromatic carbocycles. The standard InChI is InChI=1S/2C16H32/c2*1-3-5-7-9-11-13-15-16-14-12-10-8-6-4-2/h9,11H,3-8,10,12-16H2,1-2H3;7,9H,3-6,8,10-16H2,1-2H3/b;9-7-. The highest BCUT2D eigenvalue weighted by molar-refractivity contribution is 4.81. The van der Waals surface area contributed by atoms with Crippen LogP contribution in [0.15, 0.2) is 24.3 Å². The van der Waals surface area contributed by atoms with E-state index in [4.69, 9.17) is 0 Å². The summed E-state index contributed by atoms with van der Waals surface area (Å²) in [5.74, 6) is 0. The first-order valence-electron chi connectivity index (χ1n) is 15.1. The lowest BCUT2D eigenvalue weighted by atomic mass is 10.1. The van der Waals surface area contributed by atoms with Crippen LogP contribution in [0.5, 0.6) is 0 Å². The molecule has 192 valence electrons. The van der Waals surface area contributed by atoms with Crippen LogP contribution in [0.4, 0.5) is 0 Å². The zero-order chi connectivity index (χ0) is 23.8. The number of hydrogen-bond acceptors (Lipinski definition) is 0. The summed E-state index contributed by atoms with van der Waals surface area (Å²) in [5, 5.41) is 0. The van der Waals surface area contributed by atoms with Gasteiger partial charge < -0.3 is 0 Å². The molecular weight excluding hydrogens is 384 g/mol. The summed E-state index contributed by atoms with van der Waals surface area (Å²) in [5.41, 5.74) is 0. The van der Waals surface area contributed by atoms with E-state index in [9.17, 15) is 0 Å². The summed E-state index contributed by atoms with van der Waals surface area (Å²) in [4.78, 5) is 0. The molecule has 0 radical (unpaired) electrons. The van der Waals surface area contributed by atoms with Crippen molar-refractivity contribution in [3.8, 4) is 0 Å². The zero-order valence-corrected chi connectivity index (χ0v) is 23.3. The molecule has 0 aromatic rings. The van der Waals surface area contributed by atoms with E-state index in [1.54, 1.807) is 0 Å². The molecule has 0 spiro atoms. The first-order chi connectivity index (χ1) is 15.8. The molecule has 0 aromatic heterocycles. The van der Waals surface area contributed by atoms with Crippen molar-refractivity contribution in [1.82, 2.24) is 0 Å². The first-order valence-corrected chi connectivity index (χ1v) is 15.1. The normalized spacial score (nSPS) is 11.4. The molecule has 0 saturated carbocycles. The van der Waals surface area contributed by atoms with Crippen molar-refractivity contribution in [2.75, 3.05) is 0 Å². The Hall–Kier alpha value is -0.520. The molecule has 0 heterocycles. The fraction of sp³-hybridized carbons (Fsp3) is 0.875. The fourth-order valence-corrected chi connectivity index (χ4v) is 3.93. The van der Waals surface area contributed by atoms with E-state index in [0.717, 1.165) is 0 Å². The van der Waals surface area contributed by atoms with Gasteiger partial charge in [-0.2, -0.15) is 0 Å². The van der Waals surface area contributed by atoms with Gasteiger partial charge in [0.25, 0.3) is 0 Å². The third kappa shape index (κ3) is 36.8. The van der Waals surface area contributed by atoms with Gasteiger partial charge in [-0.05, 0) is 38.5 Å². The van der Waals surface area contributed by atoms with Crippen LogP contribution in [-0.2, 0) is 0 Å². The molecule has 0 aliphatic heterocycles. The van der Waals surface area contributed by atoms with Gasteiger partial charge in [-0.3, -0.25) is 0 Å². The molecule has 0 N–H and O–H groups in total.